The molecule has 0 spiro atoms. The molecule has 1 aliphatic heterocycles. The lowest BCUT2D eigenvalue weighted by atomic mass is 9.53. The molecule has 3 heterocycles. The molecule has 0 aromatic carbocycles. The summed E-state index contributed by atoms with van der Waals surface area (Å²) in [5.74, 6) is 3.25. The van der Waals surface area contributed by atoms with E-state index in [0.29, 0.717) is 5.82 Å². The molecule has 2 aromatic heterocycles. The van der Waals surface area contributed by atoms with Crippen LogP contribution in [-0.4, -0.2) is 49.8 Å². The van der Waals surface area contributed by atoms with Gasteiger partial charge in [0.15, 0.2) is 0 Å². The quantitative estimate of drug-likeness (QED) is 0.834. The first kappa shape index (κ1) is 17.9. The van der Waals surface area contributed by atoms with Gasteiger partial charge in [-0.1, -0.05) is 6.07 Å². The van der Waals surface area contributed by atoms with E-state index in [9.17, 15) is 4.79 Å². The van der Waals surface area contributed by atoms with Crippen molar-refractivity contribution in [2.45, 2.75) is 62.9 Å². The number of rotatable bonds is 3. The van der Waals surface area contributed by atoms with Crippen LogP contribution in [0.2, 0.25) is 0 Å². The van der Waals surface area contributed by atoms with Gasteiger partial charge in [-0.25, -0.2) is 4.79 Å². The van der Waals surface area contributed by atoms with Crippen LogP contribution in [0.25, 0.3) is 10.7 Å². The Hall–Kier alpha value is -1.96. The third kappa shape index (κ3) is 3.25. The Morgan fingerprint density at radius 1 is 1.10 bits per heavy atom. The van der Waals surface area contributed by atoms with Gasteiger partial charge in [0.2, 0.25) is 5.82 Å². The summed E-state index contributed by atoms with van der Waals surface area (Å²) in [5, 5.41) is 18.6. The number of nitrogens with one attached hydrogen (secondary N) is 1. The number of piperidine rings is 1. The number of aromatic nitrogens is 4. The van der Waals surface area contributed by atoms with Crippen molar-refractivity contribution >= 4 is 17.4 Å². The van der Waals surface area contributed by atoms with Gasteiger partial charge in [-0.3, -0.25) is 0 Å². The van der Waals surface area contributed by atoms with E-state index in [1.807, 2.05) is 22.4 Å². The lowest BCUT2D eigenvalue weighted by Crippen LogP contribution is -2.62. The number of urea groups is 1. The largest absolute Gasteiger partial charge is 0.333 e. The summed E-state index contributed by atoms with van der Waals surface area (Å²) in [6.07, 6.45) is 9.58. The first-order chi connectivity index (χ1) is 14.2. The third-order valence-electron chi connectivity index (χ3n) is 7.66. The molecular weight excluding hydrogens is 384 g/mol. The van der Waals surface area contributed by atoms with Gasteiger partial charge in [0.1, 0.15) is 0 Å². The number of hydrogen-bond acceptors (Lipinski definition) is 5. The third-order valence-corrected chi connectivity index (χ3v) is 8.52. The molecule has 29 heavy (non-hydrogen) atoms. The van der Waals surface area contributed by atoms with Crippen LogP contribution in [0, 0.1) is 17.8 Å². The second kappa shape index (κ2) is 6.79. The molecular formula is C21H28N6OS. The van der Waals surface area contributed by atoms with E-state index in [0.717, 1.165) is 48.6 Å². The van der Waals surface area contributed by atoms with Crippen LogP contribution in [0.3, 0.4) is 0 Å². The van der Waals surface area contributed by atoms with Crippen LogP contribution >= 0.6 is 11.3 Å². The molecule has 4 bridgehead atoms. The van der Waals surface area contributed by atoms with Gasteiger partial charge in [-0.2, -0.15) is 4.80 Å². The Morgan fingerprint density at radius 2 is 1.79 bits per heavy atom. The Bertz CT molecular complexity index is 850. The van der Waals surface area contributed by atoms with Gasteiger partial charge in [-0.05, 0) is 85.8 Å². The van der Waals surface area contributed by atoms with Crippen molar-refractivity contribution in [3.05, 3.63) is 17.5 Å². The molecule has 2 aromatic rings. The molecule has 4 aliphatic carbocycles. The van der Waals surface area contributed by atoms with Gasteiger partial charge in [0.25, 0.3) is 0 Å². The highest BCUT2D eigenvalue weighted by Gasteiger charge is 2.51. The fourth-order valence-electron chi connectivity index (χ4n) is 6.75. The maximum absolute atomic E-state index is 13.1. The second-order valence-corrected chi connectivity index (χ2v) is 10.7. The monoisotopic (exact) mass is 412 g/mol. The van der Waals surface area contributed by atoms with E-state index in [1.165, 1.54) is 38.5 Å². The topological polar surface area (TPSA) is 75.9 Å². The highest BCUT2D eigenvalue weighted by atomic mass is 32.1. The lowest BCUT2D eigenvalue weighted by Gasteiger charge is -2.57. The molecule has 2 amide bonds. The summed E-state index contributed by atoms with van der Waals surface area (Å²) in [6.45, 7) is 1.53. The van der Waals surface area contributed by atoms with Crippen LogP contribution in [0.4, 0.5) is 4.79 Å². The SMILES string of the molecule is O=C(NC12CC3CC(CC(C3)C1)C2)N1CCC(n2nnc(-c3cccs3)n2)CC1. The minimum Gasteiger partial charge on any atom is -0.333 e. The summed E-state index contributed by atoms with van der Waals surface area (Å²) in [5.41, 5.74) is 0.0890. The van der Waals surface area contributed by atoms with Crippen molar-refractivity contribution < 1.29 is 4.79 Å². The number of amides is 2. The molecule has 5 aliphatic rings. The van der Waals surface area contributed by atoms with E-state index >= 15 is 0 Å². The molecule has 4 saturated carbocycles. The molecule has 7 rings (SSSR count). The predicted molar refractivity (Wildman–Crippen MR) is 110 cm³/mol. The predicted octanol–water partition coefficient (Wildman–Crippen LogP) is 3.72. The Labute approximate surface area is 174 Å². The van der Waals surface area contributed by atoms with Crippen LogP contribution in [0.1, 0.15) is 57.4 Å². The number of nitrogens with zero attached hydrogens (tertiary/aromatic N) is 5. The number of thiophene rings is 1. The van der Waals surface area contributed by atoms with Gasteiger partial charge in [0.05, 0.1) is 10.9 Å². The van der Waals surface area contributed by atoms with Crippen LogP contribution in [0.15, 0.2) is 17.5 Å². The summed E-state index contributed by atoms with van der Waals surface area (Å²) < 4.78 is 0. The average Bonchev–Trinajstić information content (AvgIpc) is 3.38. The summed E-state index contributed by atoms with van der Waals surface area (Å²) >= 11 is 1.63. The number of carbonyl (C=O) groups excluding carboxylic acids is 1. The Balaban J connectivity index is 1.07. The lowest BCUT2D eigenvalue weighted by molar-refractivity contribution is -0.0162. The fraction of sp³-hybridized carbons (Fsp3) is 0.714. The first-order valence-corrected chi connectivity index (χ1v) is 11.9. The molecule has 7 nitrogen and oxygen atoms in total. The molecule has 154 valence electrons. The molecule has 0 radical (unpaired) electrons. The van der Waals surface area contributed by atoms with Crippen molar-refractivity contribution in [1.29, 1.82) is 0 Å². The Morgan fingerprint density at radius 3 is 2.41 bits per heavy atom. The minimum atomic E-state index is 0.0890. The average molecular weight is 413 g/mol. The van der Waals surface area contributed by atoms with Crippen molar-refractivity contribution in [2.24, 2.45) is 17.8 Å². The first-order valence-electron chi connectivity index (χ1n) is 11.1. The maximum Gasteiger partial charge on any atom is 0.317 e. The summed E-state index contributed by atoms with van der Waals surface area (Å²) in [7, 11) is 0. The van der Waals surface area contributed by atoms with Gasteiger partial charge in [-0.15, -0.1) is 21.5 Å². The smallest absolute Gasteiger partial charge is 0.317 e. The number of hydrogen-bond donors (Lipinski definition) is 1. The molecule has 1 saturated heterocycles. The fourth-order valence-corrected chi connectivity index (χ4v) is 7.40. The molecule has 0 atom stereocenters. The molecule has 8 heteroatoms. The second-order valence-electron chi connectivity index (χ2n) is 9.76. The van der Waals surface area contributed by atoms with Crippen molar-refractivity contribution in [3.63, 3.8) is 0 Å². The highest BCUT2D eigenvalue weighted by molar-refractivity contribution is 7.13. The van der Waals surface area contributed by atoms with E-state index in [1.54, 1.807) is 16.1 Å². The number of tetrazole rings is 1. The van der Waals surface area contributed by atoms with Crippen molar-refractivity contribution in [2.75, 3.05) is 13.1 Å². The molecule has 0 unspecified atom stereocenters. The van der Waals surface area contributed by atoms with E-state index < -0.39 is 0 Å². The van der Waals surface area contributed by atoms with Gasteiger partial charge < -0.3 is 10.2 Å². The normalized spacial score (nSPS) is 33.9. The maximum atomic E-state index is 13.1. The zero-order valence-electron chi connectivity index (χ0n) is 16.7. The Kier molecular flexibility index (Phi) is 4.18. The van der Waals surface area contributed by atoms with E-state index in [-0.39, 0.29) is 17.6 Å². The molecule has 1 N–H and O–H groups in total. The van der Waals surface area contributed by atoms with Crippen molar-refractivity contribution in [1.82, 2.24) is 30.4 Å². The summed E-state index contributed by atoms with van der Waals surface area (Å²) in [6, 6.07) is 4.39. The van der Waals surface area contributed by atoms with Gasteiger partial charge in [0, 0.05) is 18.6 Å². The van der Waals surface area contributed by atoms with E-state index in [4.69, 9.17) is 0 Å². The van der Waals surface area contributed by atoms with Crippen LogP contribution < -0.4 is 5.32 Å². The standard InChI is InChI=1S/C21H28N6OS/c28-20(22-21-11-14-8-15(12-21)10-16(9-14)13-21)26-5-3-17(4-6-26)27-24-19(23-25-27)18-2-1-7-29-18/h1-2,7,14-17H,3-6,8-13H2,(H,22,28). The number of carbonyl (C=O) groups is 1. The highest BCUT2D eigenvalue weighted by Crippen LogP contribution is 2.55. The number of likely N-dealkylation sites (tertiary alicyclic amines) is 1. The van der Waals surface area contributed by atoms with Crippen LogP contribution in [-0.2, 0) is 0 Å². The minimum absolute atomic E-state index is 0.0890. The zero-order chi connectivity index (χ0) is 19.4. The van der Waals surface area contributed by atoms with E-state index in [2.05, 4.69) is 20.7 Å². The van der Waals surface area contributed by atoms with Crippen molar-refractivity contribution in [3.8, 4) is 10.7 Å². The van der Waals surface area contributed by atoms with Crippen LogP contribution in [0.5, 0.6) is 0 Å². The molecule has 5 fully saturated rings. The zero-order valence-corrected chi connectivity index (χ0v) is 17.5. The summed E-state index contributed by atoms with van der Waals surface area (Å²) in [4.78, 5) is 17.9. The van der Waals surface area contributed by atoms with Gasteiger partial charge >= 0.3 is 6.03 Å².